The summed E-state index contributed by atoms with van der Waals surface area (Å²) in [6, 6.07) is 0.722. The van der Waals surface area contributed by atoms with Gasteiger partial charge in [-0.2, -0.15) is 0 Å². The third kappa shape index (κ3) is 3.78. The van der Waals surface area contributed by atoms with Crippen LogP contribution in [0.2, 0.25) is 0 Å². The summed E-state index contributed by atoms with van der Waals surface area (Å²) in [5.74, 6) is 2.86. The highest BCUT2D eigenvalue weighted by Crippen LogP contribution is 2.49. The fourth-order valence-corrected chi connectivity index (χ4v) is 4.76. The Morgan fingerprint density at radius 1 is 1.15 bits per heavy atom. The van der Waals surface area contributed by atoms with Crippen molar-refractivity contribution in [3.05, 3.63) is 0 Å². The van der Waals surface area contributed by atoms with E-state index in [2.05, 4.69) is 33.1 Å². The molecule has 0 bridgehead atoms. The molecule has 1 heteroatoms. The molecular weight excluding hydrogens is 242 g/mol. The molecular formula is C19H37N. The van der Waals surface area contributed by atoms with Crippen LogP contribution in [0, 0.1) is 23.2 Å². The average molecular weight is 280 g/mol. The van der Waals surface area contributed by atoms with Crippen molar-refractivity contribution in [3.63, 3.8) is 0 Å². The third-order valence-electron chi connectivity index (χ3n) is 6.70. The first kappa shape index (κ1) is 16.3. The molecule has 2 saturated carbocycles. The first-order valence-electron chi connectivity index (χ1n) is 9.29. The smallest absolute Gasteiger partial charge is 0.00950 e. The molecule has 2 aliphatic carbocycles. The van der Waals surface area contributed by atoms with Gasteiger partial charge in [-0.15, -0.1) is 0 Å². The topological polar surface area (TPSA) is 12.0 Å². The molecule has 118 valence electrons. The minimum Gasteiger partial charge on any atom is -0.317 e. The van der Waals surface area contributed by atoms with Gasteiger partial charge in [0.05, 0.1) is 0 Å². The van der Waals surface area contributed by atoms with Crippen LogP contribution in [0.3, 0.4) is 0 Å². The Balaban J connectivity index is 2.11. The van der Waals surface area contributed by atoms with E-state index >= 15 is 0 Å². The molecule has 20 heavy (non-hydrogen) atoms. The Morgan fingerprint density at radius 2 is 1.90 bits per heavy atom. The fraction of sp³-hybridized carbons (Fsp3) is 1.00. The molecule has 0 aromatic carbocycles. The van der Waals surface area contributed by atoms with Crippen molar-refractivity contribution in [2.75, 3.05) is 7.05 Å². The first-order valence-corrected chi connectivity index (χ1v) is 9.29. The van der Waals surface area contributed by atoms with Crippen LogP contribution < -0.4 is 5.32 Å². The second-order valence-electron chi connectivity index (χ2n) is 7.94. The van der Waals surface area contributed by atoms with E-state index in [-0.39, 0.29) is 0 Å². The maximum atomic E-state index is 3.66. The van der Waals surface area contributed by atoms with Crippen LogP contribution in [0.4, 0.5) is 0 Å². The second-order valence-corrected chi connectivity index (χ2v) is 7.94. The van der Waals surface area contributed by atoms with Crippen LogP contribution in [-0.4, -0.2) is 13.1 Å². The van der Waals surface area contributed by atoms with Crippen molar-refractivity contribution in [1.29, 1.82) is 0 Å². The predicted octanol–water partition coefficient (Wildman–Crippen LogP) is 5.40. The Bertz CT molecular complexity index is 279. The summed E-state index contributed by atoms with van der Waals surface area (Å²) in [5.41, 5.74) is 0.565. The van der Waals surface area contributed by atoms with Gasteiger partial charge in [0.25, 0.3) is 0 Å². The Labute approximate surface area is 127 Å². The van der Waals surface area contributed by atoms with Crippen LogP contribution in [0.5, 0.6) is 0 Å². The predicted molar refractivity (Wildman–Crippen MR) is 88.9 cm³/mol. The van der Waals surface area contributed by atoms with Gasteiger partial charge in [-0.25, -0.2) is 0 Å². The lowest BCUT2D eigenvalue weighted by Crippen LogP contribution is -2.45. The monoisotopic (exact) mass is 279 g/mol. The zero-order valence-electron chi connectivity index (χ0n) is 14.4. The molecule has 1 N–H and O–H groups in total. The average Bonchev–Trinajstić information content (AvgIpc) is 3.26. The molecule has 0 amide bonds. The van der Waals surface area contributed by atoms with Gasteiger partial charge in [0, 0.05) is 6.04 Å². The van der Waals surface area contributed by atoms with Crippen molar-refractivity contribution in [3.8, 4) is 0 Å². The zero-order chi connectivity index (χ0) is 14.6. The van der Waals surface area contributed by atoms with Crippen molar-refractivity contribution >= 4 is 0 Å². The summed E-state index contributed by atoms with van der Waals surface area (Å²) in [7, 11) is 2.18. The summed E-state index contributed by atoms with van der Waals surface area (Å²) >= 11 is 0. The van der Waals surface area contributed by atoms with E-state index in [0.29, 0.717) is 5.41 Å². The van der Waals surface area contributed by atoms with Gasteiger partial charge in [-0.3, -0.25) is 0 Å². The summed E-state index contributed by atoms with van der Waals surface area (Å²) < 4.78 is 0. The summed E-state index contributed by atoms with van der Waals surface area (Å²) in [4.78, 5) is 0. The van der Waals surface area contributed by atoms with Gasteiger partial charge in [-0.1, -0.05) is 65.7 Å². The lowest BCUT2D eigenvalue weighted by molar-refractivity contribution is 0.0541. The largest absolute Gasteiger partial charge is 0.317 e. The number of rotatable bonds is 7. The standard InChI is InChI=1S/C19H37N/c1-5-18(20-4)17(13-12-16-10-11-16)19(3)14-8-6-7-9-15(19)2/h15-18,20H,5-14H2,1-4H3. The Morgan fingerprint density at radius 3 is 2.50 bits per heavy atom. The number of hydrogen-bond acceptors (Lipinski definition) is 1. The molecule has 0 aromatic heterocycles. The minimum atomic E-state index is 0.565. The Kier molecular flexibility index (Phi) is 5.95. The molecule has 4 atom stereocenters. The van der Waals surface area contributed by atoms with Gasteiger partial charge < -0.3 is 5.32 Å². The van der Waals surface area contributed by atoms with Gasteiger partial charge in [0.15, 0.2) is 0 Å². The van der Waals surface area contributed by atoms with Gasteiger partial charge in [0.1, 0.15) is 0 Å². The van der Waals surface area contributed by atoms with E-state index < -0.39 is 0 Å². The molecule has 2 fully saturated rings. The van der Waals surface area contributed by atoms with E-state index in [0.717, 1.165) is 23.8 Å². The summed E-state index contributed by atoms with van der Waals surface area (Å²) in [5, 5.41) is 3.66. The SMILES string of the molecule is CCC(NC)C(CCC1CC1)C1(C)CCCCCC1C. The minimum absolute atomic E-state index is 0.565. The van der Waals surface area contributed by atoms with Crippen LogP contribution in [0.25, 0.3) is 0 Å². The van der Waals surface area contributed by atoms with Crippen molar-refractivity contribution in [2.45, 2.75) is 91.0 Å². The molecule has 2 aliphatic rings. The molecule has 0 heterocycles. The van der Waals surface area contributed by atoms with Gasteiger partial charge in [-0.05, 0) is 49.5 Å². The van der Waals surface area contributed by atoms with Crippen molar-refractivity contribution in [1.82, 2.24) is 5.32 Å². The second kappa shape index (κ2) is 7.29. The van der Waals surface area contributed by atoms with Crippen molar-refractivity contribution < 1.29 is 0 Å². The van der Waals surface area contributed by atoms with E-state index in [1.807, 2.05) is 0 Å². The molecule has 0 aliphatic heterocycles. The Hall–Kier alpha value is -0.0400. The molecule has 2 rings (SSSR count). The van der Waals surface area contributed by atoms with Gasteiger partial charge in [0.2, 0.25) is 0 Å². The van der Waals surface area contributed by atoms with Crippen molar-refractivity contribution in [2.24, 2.45) is 23.2 Å². The van der Waals surface area contributed by atoms with E-state index in [4.69, 9.17) is 0 Å². The molecule has 0 spiro atoms. The maximum Gasteiger partial charge on any atom is 0.00950 e. The van der Waals surface area contributed by atoms with Crippen LogP contribution in [0.1, 0.15) is 85.0 Å². The normalized spacial score (nSPS) is 34.5. The van der Waals surface area contributed by atoms with E-state index in [1.54, 1.807) is 0 Å². The number of nitrogens with one attached hydrogen (secondary N) is 1. The maximum absolute atomic E-state index is 3.66. The lowest BCUT2D eigenvalue weighted by Gasteiger charge is -2.46. The van der Waals surface area contributed by atoms with Crippen LogP contribution in [-0.2, 0) is 0 Å². The third-order valence-corrected chi connectivity index (χ3v) is 6.70. The zero-order valence-corrected chi connectivity index (χ0v) is 14.4. The van der Waals surface area contributed by atoms with E-state index in [9.17, 15) is 0 Å². The van der Waals surface area contributed by atoms with Crippen LogP contribution in [0.15, 0.2) is 0 Å². The molecule has 0 aromatic rings. The highest BCUT2D eigenvalue weighted by Gasteiger charge is 2.42. The van der Waals surface area contributed by atoms with Gasteiger partial charge >= 0.3 is 0 Å². The quantitative estimate of drug-likeness (QED) is 0.615. The lowest BCUT2D eigenvalue weighted by atomic mass is 9.61. The molecule has 1 nitrogen and oxygen atoms in total. The summed E-state index contributed by atoms with van der Waals surface area (Å²) in [6.45, 7) is 7.54. The molecule has 4 unspecified atom stereocenters. The molecule has 0 radical (unpaired) electrons. The molecule has 0 saturated heterocycles. The highest BCUT2D eigenvalue weighted by atomic mass is 14.9. The van der Waals surface area contributed by atoms with Crippen LogP contribution >= 0.6 is 0 Å². The highest BCUT2D eigenvalue weighted by molar-refractivity contribution is 4.94. The number of hydrogen-bond donors (Lipinski definition) is 1. The summed E-state index contributed by atoms with van der Waals surface area (Å²) in [6.07, 6.45) is 14.6. The first-order chi connectivity index (χ1) is 9.61. The van der Waals surface area contributed by atoms with E-state index in [1.165, 1.54) is 64.2 Å². The fourth-order valence-electron chi connectivity index (χ4n) is 4.76.